The molecule has 2 N–H and O–H groups in total. The molecule has 162 valence electrons. The Balaban J connectivity index is 0.00000320. The normalized spacial score (nSPS) is 19.0. The van der Waals surface area contributed by atoms with Crippen LogP contribution in [0.3, 0.4) is 0 Å². The lowest BCUT2D eigenvalue weighted by Gasteiger charge is -2.39. The van der Waals surface area contributed by atoms with Crippen molar-refractivity contribution in [2.75, 3.05) is 32.7 Å². The summed E-state index contributed by atoms with van der Waals surface area (Å²) >= 11 is 0. The van der Waals surface area contributed by atoms with E-state index < -0.39 is 0 Å². The summed E-state index contributed by atoms with van der Waals surface area (Å²) in [6, 6.07) is 14.3. The molecule has 1 aliphatic heterocycles. The van der Waals surface area contributed by atoms with Crippen molar-refractivity contribution in [1.29, 1.82) is 0 Å². The lowest BCUT2D eigenvalue weighted by Crippen LogP contribution is -2.48. The third-order valence-electron chi connectivity index (χ3n) is 5.35. The van der Waals surface area contributed by atoms with Crippen LogP contribution in [-0.2, 0) is 0 Å². The third-order valence-corrected chi connectivity index (χ3v) is 5.35. The first-order chi connectivity index (χ1) is 14.2. The molecular weight excluding hydrogens is 489 g/mol. The fourth-order valence-electron chi connectivity index (χ4n) is 3.89. The number of nitrogens with one attached hydrogen (secondary N) is 2. The van der Waals surface area contributed by atoms with E-state index in [1.165, 1.54) is 5.56 Å². The number of benzene rings is 1. The number of aliphatic imine (C=N–C) groups is 1. The molecule has 0 spiro atoms. The number of rotatable bonds is 6. The molecule has 3 rings (SSSR count). The smallest absolute Gasteiger partial charge is 0.252 e. The topological polar surface area (TPSA) is 69.6 Å². The Bertz CT molecular complexity index is 800. The molecule has 1 aromatic carbocycles. The summed E-state index contributed by atoms with van der Waals surface area (Å²) in [6.07, 6.45) is 4.35. The molecule has 2 unspecified atom stereocenters. The summed E-state index contributed by atoms with van der Waals surface area (Å²) in [5.74, 6) is 1.96. The molecule has 1 saturated heterocycles. The highest BCUT2D eigenvalue weighted by Crippen LogP contribution is 2.32. The number of hydrogen-bond donors (Lipinski definition) is 2. The summed E-state index contributed by atoms with van der Waals surface area (Å²) in [7, 11) is 0. The summed E-state index contributed by atoms with van der Waals surface area (Å²) < 4.78 is 0. The highest BCUT2D eigenvalue weighted by Gasteiger charge is 2.28. The van der Waals surface area contributed by atoms with Gasteiger partial charge in [-0.25, -0.2) is 0 Å². The average molecular weight is 521 g/mol. The highest BCUT2D eigenvalue weighted by atomic mass is 127. The van der Waals surface area contributed by atoms with Crippen molar-refractivity contribution in [3.05, 3.63) is 66.0 Å². The molecule has 7 heteroatoms. The number of aromatic nitrogens is 1. The van der Waals surface area contributed by atoms with Gasteiger partial charge < -0.3 is 15.5 Å². The highest BCUT2D eigenvalue weighted by molar-refractivity contribution is 14.0. The largest absolute Gasteiger partial charge is 0.357 e. The van der Waals surface area contributed by atoms with Gasteiger partial charge in [0, 0.05) is 38.6 Å². The van der Waals surface area contributed by atoms with Crippen LogP contribution in [0.25, 0.3) is 0 Å². The number of carbonyl (C=O) groups is 1. The molecule has 1 fully saturated rings. The van der Waals surface area contributed by atoms with Gasteiger partial charge in [0.2, 0.25) is 0 Å². The van der Waals surface area contributed by atoms with E-state index in [1.807, 2.05) is 0 Å². The van der Waals surface area contributed by atoms with Gasteiger partial charge in [0.15, 0.2) is 5.96 Å². The van der Waals surface area contributed by atoms with Crippen molar-refractivity contribution < 1.29 is 4.79 Å². The van der Waals surface area contributed by atoms with E-state index in [9.17, 15) is 4.79 Å². The van der Waals surface area contributed by atoms with Crippen molar-refractivity contribution >= 4 is 35.8 Å². The van der Waals surface area contributed by atoms with Crippen LogP contribution in [0.5, 0.6) is 0 Å². The van der Waals surface area contributed by atoms with E-state index in [0.717, 1.165) is 32.0 Å². The Morgan fingerprint density at radius 1 is 1.20 bits per heavy atom. The quantitative estimate of drug-likeness (QED) is 0.264. The van der Waals surface area contributed by atoms with E-state index in [0.29, 0.717) is 30.5 Å². The summed E-state index contributed by atoms with van der Waals surface area (Å²) in [5, 5.41) is 6.30. The van der Waals surface area contributed by atoms with Gasteiger partial charge in [0.1, 0.15) is 0 Å². The lowest BCUT2D eigenvalue weighted by molar-refractivity contribution is 0.0954. The Hall–Kier alpha value is -2.16. The molecular formula is C23H32IN5O. The SMILES string of the molecule is CCNC(=NCCNC(=O)c1cccnc1)N1CCC(c2ccccc2)C(C)C1.I. The van der Waals surface area contributed by atoms with E-state index in [1.54, 1.807) is 24.5 Å². The number of pyridine rings is 1. The molecule has 30 heavy (non-hydrogen) atoms. The lowest BCUT2D eigenvalue weighted by atomic mass is 9.82. The van der Waals surface area contributed by atoms with Gasteiger partial charge in [0.25, 0.3) is 5.91 Å². The zero-order valence-corrected chi connectivity index (χ0v) is 20.1. The van der Waals surface area contributed by atoms with Gasteiger partial charge in [-0.2, -0.15) is 0 Å². The second-order valence-corrected chi connectivity index (χ2v) is 7.46. The van der Waals surface area contributed by atoms with E-state index in [-0.39, 0.29) is 29.9 Å². The molecule has 0 saturated carbocycles. The Morgan fingerprint density at radius 2 is 2.00 bits per heavy atom. The average Bonchev–Trinajstić information content (AvgIpc) is 2.77. The minimum Gasteiger partial charge on any atom is -0.357 e. The number of nitrogens with zero attached hydrogens (tertiary/aromatic N) is 3. The first-order valence-electron chi connectivity index (χ1n) is 10.5. The van der Waals surface area contributed by atoms with E-state index in [2.05, 4.69) is 64.7 Å². The Labute approximate surface area is 196 Å². The summed E-state index contributed by atoms with van der Waals surface area (Å²) in [4.78, 5) is 23.2. The predicted molar refractivity (Wildman–Crippen MR) is 133 cm³/mol. The second-order valence-electron chi connectivity index (χ2n) is 7.46. The molecule has 2 atom stereocenters. The monoisotopic (exact) mass is 521 g/mol. The van der Waals surface area contributed by atoms with Crippen molar-refractivity contribution in [3.8, 4) is 0 Å². The molecule has 0 aliphatic carbocycles. The maximum atomic E-state index is 12.1. The molecule has 2 aromatic rings. The van der Waals surface area contributed by atoms with Crippen molar-refractivity contribution in [2.24, 2.45) is 10.9 Å². The predicted octanol–water partition coefficient (Wildman–Crippen LogP) is 3.52. The zero-order chi connectivity index (χ0) is 20.5. The number of piperidine rings is 1. The van der Waals surface area contributed by atoms with Crippen LogP contribution < -0.4 is 10.6 Å². The number of guanidine groups is 1. The minimum absolute atomic E-state index is 0. The van der Waals surface area contributed by atoms with Crippen LogP contribution in [0.2, 0.25) is 0 Å². The number of carbonyl (C=O) groups excluding carboxylic acids is 1. The van der Waals surface area contributed by atoms with Crippen LogP contribution in [0.4, 0.5) is 0 Å². The molecule has 1 amide bonds. The van der Waals surface area contributed by atoms with Crippen LogP contribution in [0.15, 0.2) is 59.9 Å². The van der Waals surface area contributed by atoms with Gasteiger partial charge in [0.05, 0.1) is 12.1 Å². The first-order valence-corrected chi connectivity index (χ1v) is 10.5. The van der Waals surface area contributed by atoms with Gasteiger partial charge in [-0.1, -0.05) is 37.3 Å². The number of amides is 1. The maximum absolute atomic E-state index is 12.1. The van der Waals surface area contributed by atoms with Gasteiger partial charge >= 0.3 is 0 Å². The fraction of sp³-hybridized carbons (Fsp3) is 0.435. The van der Waals surface area contributed by atoms with Crippen molar-refractivity contribution in [2.45, 2.75) is 26.2 Å². The van der Waals surface area contributed by atoms with E-state index in [4.69, 9.17) is 4.99 Å². The summed E-state index contributed by atoms with van der Waals surface area (Å²) in [6.45, 7) is 8.24. The Kier molecular flexibility index (Phi) is 10.1. The number of halogens is 1. The minimum atomic E-state index is -0.115. The van der Waals surface area contributed by atoms with Crippen LogP contribution in [0, 0.1) is 5.92 Å². The summed E-state index contributed by atoms with van der Waals surface area (Å²) in [5.41, 5.74) is 2.00. The van der Waals surface area contributed by atoms with Gasteiger partial charge in [-0.05, 0) is 42.9 Å². The van der Waals surface area contributed by atoms with Gasteiger partial charge in [-0.15, -0.1) is 24.0 Å². The fourth-order valence-corrected chi connectivity index (χ4v) is 3.89. The Morgan fingerprint density at radius 3 is 2.67 bits per heavy atom. The maximum Gasteiger partial charge on any atom is 0.252 e. The third kappa shape index (κ3) is 6.68. The number of likely N-dealkylation sites (tertiary alicyclic amines) is 1. The molecule has 6 nitrogen and oxygen atoms in total. The second kappa shape index (κ2) is 12.5. The van der Waals surface area contributed by atoms with Crippen molar-refractivity contribution in [3.63, 3.8) is 0 Å². The molecule has 1 aromatic heterocycles. The van der Waals surface area contributed by atoms with Gasteiger partial charge in [-0.3, -0.25) is 14.8 Å². The van der Waals surface area contributed by atoms with Crippen LogP contribution in [0.1, 0.15) is 42.1 Å². The molecule has 0 radical (unpaired) electrons. The van der Waals surface area contributed by atoms with Crippen LogP contribution >= 0.6 is 24.0 Å². The molecule has 1 aliphatic rings. The number of hydrogen-bond acceptors (Lipinski definition) is 3. The van der Waals surface area contributed by atoms with E-state index >= 15 is 0 Å². The zero-order valence-electron chi connectivity index (χ0n) is 17.8. The molecule has 2 heterocycles. The van der Waals surface area contributed by atoms with Crippen LogP contribution in [-0.4, -0.2) is 54.5 Å². The standard InChI is InChI=1S/C23H31N5O.HI/c1-3-25-23(27-14-13-26-22(29)20-10-7-12-24-16-20)28-15-11-21(18(2)17-28)19-8-5-4-6-9-19;/h4-10,12,16,18,21H,3,11,13-15,17H2,1-2H3,(H,25,27)(H,26,29);1H. The first kappa shape index (κ1) is 24.1. The van der Waals surface area contributed by atoms with Crippen molar-refractivity contribution in [1.82, 2.24) is 20.5 Å². The molecule has 0 bridgehead atoms.